The molecule has 1 unspecified atom stereocenters. The maximum Gasteiger partial charge on any atom is 0.290 e. The molecule has 6 nitrogen and oxygen atoms in total. The first kappa shape index (κ1) is 22.0. The van der Waals surface area contributed by atoms with Gasteiger partial charge in [-0.25, -0.2) is 4.39 Å². The van der Waals surface area contributed by atoms with Crippen molar-refractivity contribution in [3.8, 4) is 5.75 Å². The second-order valence-electron chi connectivity index (χ2n) is 8.29. The predicted molar refractivity (Wildman–Crippen MR) is 121 cm³/mol. The molecule has 0 N–H and O–H groups in total. The van der Waals surface area contributed by atoms with Crippen LogP contribution in [0.5, 0.6) is 5.75 Å². The van der Waals surface area contributed by atoms with Crippen LogP contribution in [0.15, 0.2) is 51.7 Å². The summed E-state index contributed by atoms with van der Waals surface area (Å²) in [4.78, 5) is 30.3. The van der Waals surface area contributed by atoms with E-state index in [-0.39, 0.29) is 33.6 Å². The molecule has 7 heteroatoms. The number of carbonyl (C=O) groups is 1. The number of amides is 1. The summed E-state index contributed by atoms with van der Waals surface area (Å²) in [5, 5.41) is 0.135. The lowest BCUT2D eigenvalue weighted by atomic mass is 9.98. The lowest BCUT2D eigenvalue weighted by Gasteiger charge is -2.26. The molecular weight excluding hydrogens is 411 g/mol. The third-order valence-electron chi connectivity index (χ3n) is 5.68. The molecular formula is C25H27FN2O4. The predicted octanol–water partition coefficient (Wildman–Crippen LogP) is 4.22. The molecule has 1 aliphatic rings. The zero-order valence-electron chi connectivity index (χ0n) is 18.6. The average Bonchev–Trinajstić information content (AvgIpc) is 3.05. The van der Waals surface area contributed by atoms with Gasteiger partial charge in [-0.05, 0) is 56.4 Å². The van der Waals surface area contributed by atoms with Gasteiger partial charge in [0.1, 0.15) is 17.1 Å². The first-order valence-corrected chi connectivity index (χ1v) is 10.9. The second kappa shape index (κ2) is 9.12. The lowest BCUT2D eigenvalue weighted by molar-refractivity contribution is 0.0716. The largest absolute Gasteiger partial charge is 0.494 e. The van der Waals surface area contributed by atoms with Gasteiger partial charge in [0.2, 0.25) is 5.76 Å². The van der Waals surface area contributed by atoms with E-state index < -0.39 is 11.9 Å². The van der Waals surface area contributed by atoms with E-state index in [1.165, 1.54) is 12.1 Å². The Morgan fingerprint density at radius 1 is 1.12 bits per heavy atom. The number of nitrogens with zero attached hydrogens (tertiary/aromatic N) is 2. The Labute approximate surface area is 186 Å². The van der Waals surface area contributed by atoms with Crippen molar-refractivity contribution in [1.82, 2.24) is 9.80 Å². The Balaban J connectivity index is 1.79. The van der Waals surface area contributed by atoms with Crippen LogP contribution in [0.1, 0.15) is 47.5 Å². The van der Waals surface area contributed by atoms with Crippen LogP contribution >= 0.6 is 0 Å². The first-order chi connectivity index (χ1) is 15.4. The van der Waals surface area contributed by atoms with Crippen molar-refractivity contribution in [1.29, 1.82) is 0 Å². The summed E-state index contributed by atoms with van der Waals surface area (Å²) < 4.78 is 25.4. The number of likely N-dealkylation sites (N-methyl/N-ethyl adjacent to an activating group) is 1. The monoisotopic (exact) mass is 438 g/mol. The van der Waals surface area contributed by atoms with Crippen molar-refractivity contribution in [2.45, 2.75) is 25.8 Å². The van der Waals surface area contributed by atoms with Crippen LogP contribution in [0.3, 0.4) is 0 Å². The van der Waals surface area contributed by atoms with Crippen LogP contribution in [-0.2, 0) is 0 Å². The van der Waals surface area contributed by atoms with E-state index in [0.29, 0.717) is 19.7 Å². The molecule has 0 radical (unpaired) electrons. The average molecular weight is 438 g/mol. The molecule has 0 saturated heterocycles. The molecule has 1 atom stereocenters. The van der Waals surface area contributed by atoms with E-state index in [1.807, 2.05) is 43.3 Å². The topological polar surface area (TPSA) is 63.0 Å². The number of hydrogen-bond donors (Lipinski definition) is 0. The van der Waals surface area contributed by atoms with Gasteiger partial charge in [-0.1, -0.05) is 25.5 Å². The van der Waals surface area contributed by atoms with E-state index in [2.05, 4.69) is 6.92 Å². The number of carbonyl (C=O) groups excluding carboxylic acids is 1. The molecule has 0 spiro atoms. The zero-order chi connectivity index (χ0) is 22.8. The fraction of sp³-hybridized carbons (Fsp3) is 0.360. The first-order valence-electron chi connectivity index (χ1n) is 10.9. The van der Waals surface area contributed by atoms with Crippen LogP contribution in [-0.4, -0.2) is 49.5 Å². The summed E-state index contributed by atoms with van der Waals surface area (Å²) in [6.45, 7) is 3.78. The Hall–Kier alpha value is -3.19. The molecule has 1 aromatic heterocycles. The van der Waals surface area contributed by atoms with Crippen molar-refractivity contribution < 1.29 is 18.3 Å². The van der Waals surface area contributed by atoms with Gasteiger partial charge in [0.05, 0.1) is 23.6 Å². The fourth-order valence-corrected chi connectivity index (χ4v) is 3.96. The van der Waals surface area contributed by atoms with Crippen LogP contribution in [0, 0.1) is 5.82 Å². The second-order valence-corrected chi connectivity index (χ2v) is 8.29. The molecule has 32 heavy (non-hydrogen) atoms. The van der Waals surface area contributed by atoms with Crippen LogP contribution in [0.25, 0.3) is 11.0 Å². The molecule has 0 aliphatic carbocycles. The number of fused-ring (bicyclic) bond motifs is 2. The normalized spacial score (nSPS) is 15.6. The molecule has 0 bridgehead atoms. The van der Waals surface area contributed by atoms with Gasteiger partial charge >= 0.3 is 0 Å². The molecule has 1 amide bonds. The SMILES string of the molecule is CCCCOc1ccc(C2c3c(oc4ccc(F)cc4c3=O)C(=O)N2CCN(C)C)cc1. The quantitative estimate of drug-likeness (QED) is 0.493. The minimum absolute atomic E-state index is 0.0288. The molecule has 168 valence electrons. The molecule has 2 aromatic carbocycles. The number of ether oxygens (including phenoxy) is 1. The summed E-state index contributed by atoms with van der Waals surface area (Å²) in [5.74, 6) is -0.0949. The number of halogens is 1. The van der Waals surface area contributed by atoms with E-state index in [0.717, 1.165) is 30.2 Å². The van der Waals surface area contributed by atoms with Gasteiger partial charge in [0.25, 0.3) is 5.91 Å². The summed E-state index contributed by atoms with van der Waals surface area (Å²) in [5.41, 5.74) is 0.861. The molecule has 0 saturated carbocycles. The van der Waals surface area contributed by atoms with E-state index in [9.17, 15) is 14.0 Å². The van der Waals surface area contributed by atoms with Gasteiger partial charge in [0.15, 0.2) is 5.43 Å². The Kier molecular flexibility index (Phi) is 6.28. The molecule has 4 rings (SSSR count). The highest BCUT2D eigenvalue weighted by Crippen LogP contribution is 2.38. The minimum Gasteiger partial charge on any atom is -0.494 e. The lowest BCUT2D eigenvalue weighted by Crippen LogP contribution is -2.35. The van der Waals surface area contributed by atoms with E-state index in [4.69, 9.17) is 9.15 Å². The van der Waals surface area contributed by atoms with Crippen molar-refractivity contribution in [2.24, 2.45) is 0 Å². The van der Waals surface area contributed by atoms with Crippen molar-refractivity contribution in [2.75, 3.05) is 33.8 Å². The van der Waals surface area contributed by atoms with E-state index >= 15 is 0 Å². The smallest absolute Gasteiger partial charge is 0.290 e. The highest BCUT2D eigenvalue weighted by Gasteiger charge is 2.42. The van der Waals surface area contributed by atoms with Crippen LogP contribution in [0.2, 0.25) is 0 Å². The number of hydrogen-bond acceptors (Lipinski definition) is 5. The third-order valence-corrected chi connectivity index (χ3v) is 5.68. The maximum atomic E-state index is 13.8. The fourth-order valence-electron chi connectivity index (χ4n) is 3.96. The van der Waals surface area contributed by atoms with Gasteiger partial charge in [-0.3, -0.25) is 9.59 Å². The Bertz CT molecular complexity index is 1190. The summed E-state index contributed by atoms with van der Waals surface area (Å²) in [7, 11) is 3.84. The molecule has 2 heterocycles. The summed E-state index contributed by atoms with van der Waals surface area (Å²) in [6.07, 6.45) is 2.01. The van der Waals surface area contributed by atoms with Crippen LogP contribution < -0.4 is 10.2 Å². The van der Waals surface area contributed by atoms with Crippen molar-refractivity contribution in [3.63, 3.8) is 0 Å². The molecule has 1 aliphatic heterocycles. The van der Waals surface area contributed by atoms with Crippen molar-refractivity contribution >= 4 is 16.9 Å². The number of unbranched alkanes of at least 4 members (excludes halogenated alkanes) is 1. The third kappa shape index (κ3) is 4.12. The van der Waals surface area contributed by atoms with Crippen molar-refractivity contribution in [3.05, 3.63) is 75.4 Å². The zero-order valence-corrected chi connectivity index (χ0v) is 18.6. The number of rotatable bonds is 8. The Morgan fingerprint density at radius 2 is 1.88 bits per heavy atom. The van der Waals surface area contributed by atoms with Gasteiger partial charge in [0, 0.05) is 13.1 Å². The standard InChI is InChI=1S/C25H27FN2O4/c1-4-5-14-31-18-9-6-16(7-10-18)22-21-23(29)19-15-17(26)8-11-20(19)32-24(21)25(30)28(22)13-12-27(2)3/h6-11,15,22H,4-5,12-14H2,1-3H3. The van der Waals surface area contributed by atoms with Crippen LogP contribution in [0.4, 0.5) is 4.39 Å². The Morgan fingerprint density at radius 3 is 2.56 bits per heavy atom. The summed E-state index contributed by atoms with van der Waals surface area (Å²) in [6, 6.07) is 10.6. The van der Waals surface area contributed by atoms with Gasteiger partial charge < -0.3 is 19.0 Å². The minimum atomic E-state index is -0.606. The van der Waals surface area contributed by atoms with Gasteiger partial charge in [-0.15, -0.1) is 0 Å². The molecule has 0 fully saturated rings. The number of benzene rings is 2. The highest BCUT2D eigenvalue weighted by atomic mass is 19.1. The summed E-state index contributed by atoms with van der Waals surface area (Å²) >= 11 is 0. The van der Waals surface area contributed by atoms with E-state index in [1.54, 1.807) is 4.90 Å². The van der Waals surface area contributed by atoms with Gasteiger partial charge in [-0.2, -0.15) is 0 Å². The molecule has 3 aromatic rings. The maximum absolute atomic E-state index is 13.8. The highest BCUT2D eigenvalue weighted by molar-refractivity contribution is 5.99.